The number of rotatable bonds is 4. The van der Waals surface area contributed by atoms with E-state index in [0.29, 0.717) is 0 Å². The van der Waals surface area contributed by atoms with Crippen LogP contribution in [0.15, 0.2) is 53.7 Å². The van der Waals surface area contributed by atoms with E-state index in [-0.39, 0.29) is 11.2 Å². The molecule has 1 aliphatic rings. The van der Waals surface area contributed by atoms with Crippen molar-refractivity contribution in [1.82, 2.24) is 14.8 Å². The Morgan fingerprint density at radius 3 is 2.63 bits per heavy atom. The first-order valence-electron chi connectivity index (χ1n) is 9.07. The lowest BCUT2D eigenvalue weighted by Crippen LogP contribution is -2.35. The van der Waals surface area contributed by atoms with Crippen LogP contribution in [0, 0.1) is 6.92 Å². The smallest absolute Gasteiger partial charge is 0.240 e. The van der Waals surface area contributed by atoms with Gasteiger partial charge in [-0.3, -0.25) is 4.79 Å². The molecule has 0 saturated heterocycles. The highest BCUT2D eigenvalue weighted by Crippen LogP contribution is 2.32. The molecular weight excluding hydrogens is 356 g/mol. The van der Waals surface area contributed by atoms with Crippen LogP contribution in [0.25, 0.3) is 11.4 Å². The molecule has 1 aliphatic heterocycles. The molecule has 27 heavy (non-hydrogen) atoms. The van der Waals surface area contributed by atoms with Crippen molar-refractivity contribution in [3.63, 3.8) is 0 Å². The lowest BCUT2D eigenvalue weighted by atomic mass is 10.1. The van der Waals surface area contributed by atoms with Crippen LogP contribution in [-0.4, -0.2) is 32.5 Å². The first-order chi connectivity index (χ1) is 13.0. The molecule has 0 N–H and O–H groups in total. The first kappa shape index (κ1) is 17.8. The second-order valence-corrected chi connectivity index (χ2v) is 8.17. The normalized spacial score (nSPS) is 14.3. The van der Waals surface area contributed by atoms with Gasteiger partial charge >= 0.3 is 0 Å². The summed E-state index contributed by atoms with van der Waals surface area (Å²) in [5.74, 6) is 0.925. The summed E-state index contributed by atoms with van der Waals surface area (Å²) in [6.45, 7) is 4.75. The Morgan fingerprint density at radius 2 is 1.85 bits per heavy atom. The second kappa shape index (κ2) is 7.19. The fourth-order valence-electron chi connectivity index (χ4n) is 3.37. The summed E-state index contributed by atoms with van der Waals surface area (Å²) < 4.78 is 1.96. The largest absolute Gasteiger partial charge is 0.311 e. The minimum Gasteiger partial charge on any atom is -0.311 e. The molecule has 1 atom stereocenters. The molecule has 0 aliphatic carbocycles. The Labute approximate surface area is 163 Å². The molecule has 0 bridgehead atoms. The van der Waals surface area contributed by atoms with Crippen molar-refractivity contribution in [3.8, 4) is 11.4 Å². The molecule has 0 radical (unpaired) electrons. The Balaban J connectivity index is 1.51. The molecule has 0 spiro atoms. The third-order valence-electron chi connectivity index (χ3n) is 4.93. The van der Waals surface area contributed by atoms with E-state index in [9.17, 15) is 4.79 Å². The molecule has 3 aromatic rings. The van der Waals surface area contributed by atoms with E-state index in [1.807, 2.05) is 53.8 Å². The van der Waals surface area contributed by atoms with Crippen LogP contribution in [0.3, 0.4) is 0 Å². The quantitative estimate of drug-likeness (QED) is 0.647. The van der Waals surface area contributed by atoms with Gasteiger partial charge in [0.15, 0.2) is 11.0 Å². The fraction of sp³-hybridized carbons (Fsp3) is 0.286. The zero-order valence-electron chi connectivity index (χ0n) is 15.7. The highest BCUT2D eigenvalue weighted by atomic mass is 32.2. The van der Waals surface area contributed by atoms with E-state index in [2.05, 4.69) is 35.3 Å². The van der Waals surface area contributed by atoms with Crippen LogP contribution in [0.4, 0.5) is 5.69 Å². The SMILES string of the molecule is Cc1ccc(-c2nnc(SC(C)C(=O)N3CCc4ccccc43)n2C)cc1. The Kier molecular flexibility index (Phi) is 4.74. The molecule has 1 amide bonds. The molecule has 1 aromatic heterocycles. The van der Waals surface area contributed by atoms with Crippen LogP contribution in [0.1, 0.15) is 18.1 Å². The Bertz CT molecular complexity index is 980. The van der Waals surface area contributed by atoms with Gasteiger partial charge in [-0.25, -0.2) is 0 Å². The number of hydrogen-bond acceptors (Lipinski definition) is 4. The van der Waals surface area contributed by atoms with E-state index in [0.717, 1.165) is 35.2 Å². The number of nitrogens with zero attached hydrogens (tertiary/aromatic N) is 4. The highest BCUT2D eigenvalue weighted by Gasteiger charge is 2.29. The lowest BCUT2D eigenvalue weighted by Gasteiger charge is -2.21. The molecule has 2 aromatic carbocycles. The van der Waals surface area contributed by atoms with Crippen LogP contribution in [0.2, 0.25) is 0 Å². The first-order valence-corrected chi connectivity index (χ1v) is 9.95. The van der Waals surface area contributed by atoms with E-state index < -0.39 is 0 Å². The lowest BCUT2D eigenvalue weighted by molar-refractivity contribution is -0.117. The predicted octanol–water partition coefficient (Wildman–Crippen LogP) is 3.86. The van der Waals surface area contributed by atoms with Crippen molar-refractivity contribution in [2.24, 2.45) is 7.05 Å². The summed E-state index contributed by atoms with van der Waals surface area (Å²) in [5, 5.41) is 9.16. The number of amides is 1. The van der Waals surface area contributed by atoms with Gasteiger partial charge in [0.25, 0.3) is 0 Å². The van der Waals surface area contributed by atoms with E-state index in [1.54, 1.807) is 0 Å². The third kappa shape index (κ3) is 3.37. The van der Waals surface area contributed by atoms with Crippen LogP contribution < -0.4 is 4.90 Å². The van der Waals surface area contributed by atoms with Gasteiger partial charge in [0.05, 0.1) is 5.25 Å². The van der Waals surface area contributed by atoms with Gasteiger partial charge in [-0.15, -0.1) is 10.2 Å². The average Bonchev–Trinajstić information content (AvgIpc) is 3.26. The number of benzene rings is 2. The molecule has 5 nitrogen and oxygen atoms in total. The number of para-hydroxylation sites is 1. The van der Waals surface area contributed by atoms with E-state index in [1.165, 1.54) is 22.9 Å². The zero-order valence-corrected chi connectivity index (χ0v) is 16.5. The number of carbonyl (C=O) groups is 1. The molecular formula is C21H22N4OS. The minimum absolute atomic E-state index is 0.116. The summed E-state index contributed by atoms with van der Waals surface area (Å²) in [7, 11) is 1.94. The summed E-state index contributed by atoms with van der Waals surface area (Å²) >= 11 is 1.46. The summed E-state index contributed by atoms with van der Waals surface area (Å²) in [6, 6.07) is 16.3. The average molecular weight is 379 g/mol. The summed E-state index contributed by atoms with van der Waals surface area (Å²) in [6.07, 6.45) is 0.917. The zero-order chi connectivity index (χ0) is 19.0. The van der Waals surface area contributed by atoms with Crippen molar-refractivity contribution >= 4 is 23.4 Å². The van der Waals surface area contributed by atoms with Crippen molar-refractivity contribution in [2.75, 3.05) is 11.4 Å². The Hall–Kier alpha value is -2.60. The summed E-state index contributed by atoms with van der Waals surface area (Å²) in [4.78, 5) is 14.9. The molecule has 0 saturated carbocycles. The maximum Gasteiger partial charge on any atom is 0.240 e. The molecule has 2 heterocycles. The Morgan fingerprint density at radius 1 is 1.11 bits per heavy atom. The molecule has 4 rings (SSSR count). The third-order valence-corrected chi connectivity index (χ3v) is 6.05. The van der Waals surface area contributed by atoms with Crippen molar-refractivity contribution < 1.29 is 4.79 Å². The standard InChI is InChI=1S/C21H22N4OS/c1-14-8-10-17(11-9-14)19-22-23-21(24(19)3)27-15(2)20(26)25-13-12-16-6-4-5-7-18(16)25/h4-11,15H,12-13H2,1-3H3. The molecule has 1 unspecified atom stereocenters. The fourth-order valence-corrected chi connectivity index (χ4v) is 4.24. The highest BCUT2D eigenvalue weighted by molar-refractivity contribution is 8.00. The van der Waals surface area contributed by atoms with Crippen LogP contribution >= 0.6 is 11.8 Å². The van der Waals surface area contributed by atoms with Crippen molar-refractivity contribution in [1.29, 1.82) is 0 Å². The van der Waals surface area contributed by atoms with Gasteiger partial charge in [0.2, 0.25) is 5.91 Å². The topological polar surface area (TPSA) is 51.0 Å². The second-order valence-electron chi connectivity index (χ2n) is 6.86. The number of aromatic nitrogens is 3. The number of thioether (sulfide) groups is 1. The molecule has 138 valence electrons. The van der Waals surface area contributed by atoms with Gasteiger partial charge in [-0.05, 0) is 31.9 Å². The van der Waals surface area contributed by atoms with Crippen molar-refractivity contribution in [2.45, 2.75) is 30.7 Å². The number of carbonyl (C=O) groups excluding carboxylic acids is 1. The molecule has 6 heteroatoms. The number of fused-ring (bicyclic) bond motifs is 1. The van der Waals surface area contributed by atoms with E-state index >= 15 is 0 Å². The van der Waals surface area contributed by atoms with Gasteiger partial charge in [0.1, 0.15) is 0 Å². The monoisotopic (exact) mass is 378 g/mol. The van der Waals surface area contributed by atoms with Gasteiger partial charge in [0, 0.05) is 24.8 Å². The van der Waals surface area contributed by atoms with Gasteiger partial charge < -0.3 is 9.47 Å². The maximum atomic E-state index is 13.0. The van der Waals surface area contributed by atoms with Crippen LogP contribution in [0.5, 0.6) is 0 Å². The van der Waals surface area contributed by atoms with Crippen molar-refractivity contribution in [3.05, 3.63) is 59.7 Å². The minimum atomic E-state index is -0.232. The maximum absolute atomic E-state index is 13.0. The van der Waals surface area contributed by atoms with Gasteiger partial charge in [-0.1, -0.05) is 59.8 Å². The summed E-state index contributed by atoms with van der Waals surface area (Å²) in [5.41, 5.74) is 4.51. The number of hydrogen-bond donors (Lipinski definition) is 0. The van der Waals surface area contributed by atoms with Crippen LogP contribution in [-0.2, 0) is 18.3 Å². The predicted molar refractivity (Wildman–Crippen MR) is 109 cm³/mol. The van der Waals surface area contributed by atoms with Gasteiger partial charge in [-0.2, -0.15) is 0 Å². The number of aryl methyl sites for hydroxylation is 1. The molecule has 0 fully saturated rings. The van der Waals surface area contributed by atoms with E-state index in [4.69, 9.17) is 0 Å². The number of anilines is 1.